The molecule has 0 aromatic heterocycles. The highest BCUT2D eigenvalue weighted by Crippen LogP contribution is 2.48. The summed E-state index contributed by atoms with van der Waals surface area (Å²) < 4.78 is 42.5. The number of carbonyl (C=O) groups is 1. The second-order valence-electron chi connectivity index (χ2n) is 8.66. The molecule has 2 aromatic carbocycles. The number of carbonyl (C=O) groups excluding carboxylic acids is 1. The summed E-state index contributed by atoms with van der Waals surface area (Å²) in [6.07, 6.45) is -4.80. The SMILES string of the molecule is CC(C)[C@H](C)N1C(=O)N(c2ccc(Cl)cc2)[C@H](c2cccc(OC(F)(F)F)c2)C1(C)C. The van der Waals surface area contributed by atoms with Crippen LogP contribution in [0.4, 0.5) is 23.7 Å². The highest BCUT2D eigenvalue weighted by Gasteiger charge is 2.54. The molecule has 8 heteroatoms. The summed E-state index contributed by atoms with van der Waals surface area (Å²) in [5, 5.41) is 0.527. The molecule has 31 heavy (non-hydrogen) atoms. The van der Waals surface area contributed by atoms with Crippen molar-refractivity contribution in [2.75, 3.05) is 4.90 Å². The molecule has 0 aliphatic carbocycles. The largest absolute Gasteiger partial charge is 0.573 e. The van der Waals surface area contributed by atoms with Gasteiger partial charge in [-0.15, -0.1) is 13.2 Å². The predicted octanol–water partition coefficient (Wildman–Crippen LogP) is 7.05. The third-order valence-electron chi connectivity index (χ3n) is 5.84. The number of benzene rings is 2. The van der Waals surface area contributed by atoms with E-state index in [4.69, 9.17) is 11.6 Å². The molecule has 168 valence electrons. The van der Waals surface area contributed by atoms with E-state index in [1.54, 1.807) is 35.2 Å². The van der Waals surface area contributed by atoms with Crippen molar-refractivity contribution >= 4 is 23.3 Å². The zero-order valence-corrected chi connectivity index (χ0v) is 18.8. The number of hydrogen-bond acceptors (Lipinski definition) is 2. The number of amides is 2. The summed E-state index contributed by atoms with van der Waals surface area (Å²) in [7, 11) is 0. The van der Waals surface area contributed by atoms with E-state index in [1.165, 1.54) is 18.2 Å². The van der Waals surface area contributed by atoms with Crippen LogP contribution in [0, 0.1) is 5.92 Å². The minimum atomic E-state index is -4.80. The molecular weight excluding hydrogens is 429 g/mol. The normalized spacial score (nSPS) is 19.8. The molecule has 0 bridgehead atoms. The Morgan fingerprint density at radius 1 is 1.06 bits per heavy atom. The van der Waals surface area contributed by atoms with Crippen molar-refractivity contribution in [1.82, 2.24) is 4.90 Å². The summed E-state index contributed by atoms with van der Waals surface area (Å²) in [4.78, 5) is 17.1. The lowest BCUT2D eigenvalue weighted by Crippen LogP contribution is -2.50. The van der Waals surface area contributed by atoms with Crippen molar-refractivity contribution in [1.29, 1.82) is 0 Å². The van der Waals surface area contributed by atoms with Crippen LogP contribution in [0.1, 0.15) is 46.2 Å². The van der Waals surface area contributed by atoms with Crippen LogP contribution in [0.15, 0.2) is 48.5 Å². The first kappa shape index (κ1) is 23.3. The number of ether oxygens (including phenoxy) is 1. The number of alkyl halides is 3. The number of urea groups is 1. The topological polar surface area (TPSA) is 32.8 Å². The molecule has 0 radical (unpaired) electrons. The van der Waals surface area contributed by atoms with E-state index in [0.717, 1.165) is 0 Å². The monoisotopic (exact) mass is 454 g/mol. The molecule has 0 spiro atoms. The van der Waals surface area contributed by atoms with Crippen LogP contribution >= 0.6 is 11.6 Å². The Balaban J connectivity index is 2.15. The van der Waals surface area contributed by atoms with Gasteiger partial charge in [-0.1, -0.05) is 37.6 Å². The average Bonchev–Trinajstić information content (AvgIpc) is 2.86. The van der Waals surface area contributed by atoms with Gasteiger partial charge in [0.05, 0.1) is 11.6 Å². The Labute approximate surface area is 185 Å². The first-order chi connectivity index (χ1) is 14.3. The van der Waals surface area contributed by atoms with E-state index in [1.807, 2.05) is 39.5 Å². The molecule has 0 unspecified atom stereocenters. The fourth-order valence-electron chi connectivity index (χ4n) is 4.22. The fraction of sp³-hybridized carbons (Fsp3) is 0.435. The van der Waals surface area contributed by atoms with Crippen LogP contribution in [-0.4, -0.2) is 28.9 Å². The maximum absolute atomic E-state index is 13.7. The summed E-state index contributed by atoms with van der Waals surface area (Å²) >= 11 is 6.03. The van der Waals surface area contributed by atoms with Crippen LogP contribution in [0.2, 0.25) is 5.02 Å². The minimum absolute atomic E-state index is 0.0862. The van der Waals surface area contributed by atoms with Crippen molar-refractivity contribution < 1.29 is 22.7 Å². The molecule has 1 aliphatic heterocycles. The van der Waals surface area contributed by atoms with Gasteiger partial charge in [-0.25, -0.2) is 4.79 Å². The van der Waals surface area contributed by atoms with Gasteiger partial charge in [0.25, 0.3) is 0 Å². The minimum Gasteiger partial charge on any atom is -0.406 e. The Hall–Kier alpha value is -2.41. The highest BCUT2D eigenvalue weighted by molar-refractivity contribution is 6.30. The quantitative estimate of drug-likeness (QED) is 0.485. The van der Waals surface area contributed by atoms with E-state index >= 15 is 0 Å². The van der Waals surface area contributed by atoms with E-state index in [9.17, 15) is 18.0 Å². The molecule has 1 fully saturated rings. The second kappa shape index (κ2) is 8.26. The number of rotatable bonds is 5. The zero-order valence-electron chi connectivity index (χ0n) is 18.1. The summed E-state index contributed by atoms with van der Waals surface area (Å²) in [5.74, 6) is -0.131. The third-order valence-corrected chi connectivity index (χ3v) is 6.10. The molecule has 2 atom stereocenters. The first-order valence-corrected chi connectivity index (χ1v) is 10.4. The van der Waals surface area contributed by atoms with Gasteiger partial charge in [-0.3, -0.25) is 4.90 Å². The van der Waals surface area contributed by atoms with Crippen molar-refractivity contribution in [3.05, 3.63) is 59.1 Å². The van der Waals surface area contributed by atoms with Crippen LogP contribution < -0.4 is 9.64 Å². The Kier molecular flexibility index (Phi) is 6.20. The molecular formula is C23H26ClF3N2O2. The van der Waals surface area contributed by atoms with E-state index in [2.05, 4.69) is 4.74 Å². The van der Waals surface area contributed by atoms with Gasteiger partial charge in [-0.2, -0.15) is 0 Å². The van der Waals surface area contributed by atoms with E-state index in [0.29, 0.717) is 16.3 Å². The maximum atomic E-state index is 13.7. The number of anilines is 1. The van der Waals surface area contributed by atoms with Crippen LogP contribution in [0.25, 0.3) is 0 Å². The molecule has 2 amide bonds. The zero-order chi connectivity index (χ0) is 23.1. The summed E-state index contributed by atoms with van der Waals surface area (Å²) in [6, 6.07) is 11.8. The lowest BCUT2D eigenvalue weighted by atomic mass is 9.86. The molecule has 4 nitrogen and oxygen atoms in total. The van der Waals surface area contributed by atoms with Crippen molar-refractivity contribution in [2.45, 2.75) is 58.6 Å². The van der Waals surface area contributed by atoms with Crippen LogP contribution in [-0.2, 0) is 0 Å². The lowest BCUT2D eigenvalue weighted by molar-refractivity contribution is -0.274. The van der Waals surface area contributed by atoms with Crippen LogP contribution in [0.3, 0.4) is 0 Å². The molecule has 3 rings (SSSR count). The number of nitrogens with zero attached hydrogens (tertiary/aromatic N) is 2. The third kappa shape index (κ3) is 4.61. The van der Waals surface area contributed by atoms with Gasteiger partial charge >= 0.3 is 12.4 Å². The van der Waals surface area contributed by atoms with Gasteiger partial charge in [-0.05, 0) is 68.7 Å². The molecule has 1 aliphatic rings. The Morgan fingerprint density at radius 2 is 1.68 bits per heavy atom. The molecule has 0 saturated carbocycles. The summed E-state index contributed by atoms with van der Waals surface area (Å²) in [5.41, 5.74) is 0.457. The van der Waals surface area contributed by atoms with Gasteiger partial charge in [0.2, 0.25) is 0 Å². The molecule has 0 N–H and O–H groups in total. The average molecular weight is 455 g/mol. The fourth-order valence-corrected chi connectivity index (χ4v) is 4.34. The van der Waals surface area contributed by atoms with Crippen molar-refractivity contribution in [2.24, 2.45) is 5.92 Å². The highest BCUT2D eigenvalue weighted by atomic mass is 35.5. The van der Waals surface area contributed by atoms with Gasteiger partial charge in [0.15, 0.2) is 0 Å². The predicted molar refractivity (Wildman–Crippen MR) is 115 cm³/mol. The molecule has 2 aromatic rings. The smallest absolute Gasteiger partial charge is 0.406 e. The van der Waals surface area contributed by atoms with Gasteiger partial charge in [0, 0.05) is 16.8 Å². The Bertz CT molecular complexity index is 945. The standard InChI is InChI=1S/C23H26ClF3N2O2/c1-14(2)15(3)29-21(30)28(18-11-9-17(24)10-12-18)20(22(29,4)5)16-7-6-8-19(13-16)31-23(25,26)27/h6-15,20H,1-5H3/t15-,20+/m0/s1. The molecule has 1 saturated heterocycles. The van der Waals surface area contributed by atoms with Crippen LogP contribution in [0.5, 0.6) is 5.75 Å². The Morgan fingerprint density at radius 3 is 2.23 bits per heavy atom. The van der Waals surface area contributed by atoms with E-state index < -0.39 is 17.9 Å². The summed E-state index contributed by atoms with van der Waals surface area (Å²) in [6.45, 7) is 9.91. The second-order valence-corrected chi connectivity index (χ2v) is 9.10. The van der Waals surface area contributed by atoms with Crippen molar-refractivity contribution in [3.8, 4) is 5.75 Å². The molecule has 1 heterocycles. The maximum Gasteiger partial charge on any atom is 0.573 e. The lowest BCUT2D eigenvalue weighted by Gasteiger charge is -2.40. The number of hydrogen-bond donors (Lipinski definition) is 0. The van der Waals surface area contributed by atoms with Gasteiger partial charge in [0.1, 0.15) is 5.75 Å². The van der Waals surface area contributed by atoms with E-state index in [-0.39, 0.29) is 23.7 Å². The first-order valence-electron chi connectivity index (χ1n) is 10.1. The van der Waals surface area contributed by atoms with Gasteiger partial charge < -0.3 is 9.64 Å². The number of halogens is 4. The van der Waals surface area contributed by atoms with Crippen molar-refractivity contribution in [3.63, 3.8) is 0 Å².